The van der Waals surface area contributed by atoms with Crippen molar-refractivity contribution in [2.75, 3.05) is 13.2 Å². The highest BCUT2D eigenvalue weighted by molar-refractivity contribution is 7.91. The van der Waals surface area contributed by atoms with E-state index in [-0.39, 0.29) is 49.5 Å². The van der Waals surface area contributed by atoms with Gasteiger partial charge in [-0.2, -0.15) is 9.51 Å². The zero-order valence-electron chi connectivity index (χ0n) is 23.3. The maximum absolute atomic E-state index is 13.8. The van der Waals surface area contributed by atoms with E-state index in [1.165, 1.54) is 18.4 Å². The molecule has 2 aliphatic heterocycles. The molecule has 0 spiro atoms. The van der Waals surface area contributed by atoms with Gasteiger partial charge < -0.3 is 20.1 Å². The Bertz CT molecular complexity index is 1580. The molecule has 0 aromatic carbocycles. The number of ether oxygens (including phenoxy) is 1. The van der Waals surface area contributed by atoms with Crippen molar-refractivity contribution in [3.05, 3.63) is 42.6 Å². The molecule has 4 heterocycles. The van der Waals surface area contributed by atoms with Gasteiger partial charge in [0.1, 0.15) is 34.9 Å². The number of carbonyl (C=O) groups excluding carboxylic acids is 5. The van der Waals surface area contributed by atoms with Gasteiger partial charge in [0.05, 0.1) is 10.9 Å². The fraction of sp³-hybridized carbons (Fsp3) is 0.423. The third kappa shape index (κ3) is 7.52. The number of sulfonamides is 1. The van der Waals surface area contributed by atoms with E-state index in [0.29, 0.717) is 23.2 Å². The number of esters is 1. The summed E-state index contributed by atoms with van der Waals surface area (Å²) in [5.41, 5.74) is 9.27. The summed E-state index contributed by atoms with van der Waals surface area (Å²) < 4.78 is 38.5. The number of ketones is 1. The number of nitrogens with one attached hydrogen (secondary N) is 2. The first-order chi connectivity index (χ1) is 21.1. The van der Waals surface area contributed by atoms with Crippen LogP contribution in [-0.4, -0.2) is 95.3 Å². The van der Waals surface area contributed by atoms with Crippen LogP contribution in [0.1, 0.15) is 38.5 Å². The monoisotopic (exact) mass is 647 g/mol. The Morgan fingerprint density at radius 3 is 2.77 bits per heavy atom. The highest BCUT2D eigenvalue weighted by Gasteiger charge is 2.46. The van der Waals surface area contributed by atoms with Crippen molar-refractivity contribution < 1.29 is 46.4 Å². The number of nitrogens with zero attached hydrogens (tertiary/aromatic N) is 5. The van der Waals surface area contributed by atoms with Crippen molar-refractivity contribution in [2.24, 2.45) is 0 Å². The van der Waals surface area contributed by atoms with E-state index in [2.05, 4.69) is 26.6 Å². The number of carbonyl (C=O) groups is 5. The number of amides is 3. The molecule has 2 aromatic rings. The Balaban J connectivity index is 1.53. The maximum atomic E-state index is 13.8. The van der Waals surface area contributed by atoms with E-state index in [1.54, 1.807) is 12.1 Å². The van der Waals surface area contributed by atoms with Crippen LogP contribution in [0, 0.1) is 0 Å². The zero-order chi connectivity index (χ0) is 31.9. The lowest BCUT2D eigenvalue weighted by atomic mass is 10.0. The number of hydrogen-bond donors (Lipinski definition) is 2. The lowest BCUT2D eigenvalue weighted by molar-refractivity contribution is -0.176. The van der Waals surface area contributed by atoms with E-state index < -0.39 is 57.6 Å². The molecular formula is C26H29N7O9S2. The van der Waals surface area contributed by atoms with Crippen LogP contribution in [0.5, 0.6) is 0 Å². The molecule has 2 aliphatic rings. The number of hydrazine groups is 1. The van der Waals surface area contributed by atoms with Crippen LogP contribution >= 0.6 is 11.3 Å². The first-order valence-electron chi connectivity index (χ1n) is 13.5. The minimum absolute atomic E-state index is 0.0505. The standard InChI is InChI=1S/C26H29N7O9S2/c1-2-13-41-23(36)9-6-16(20(34)15-28-27)29-25(37)19-4-3-12-32-22(35)8-5-18(26(38)33(19)32)31-44(39,40)24-10-7-21(43-24)17-11-14-42-30-17/h2,7,10-11,14-16,18-19,31H,1,3-6,8-9,12-13H2,(H,29,37)/t16-,18-,19-/m0/s1. The normalized spacial score (nSPS) is 19.3. The van der Waals surface area contributed by atoms with Gasteiger partial charge in [-0.3, -0.25) is 29.0 Å². The Labute approximate surface area is 255 Å². The Morgan fingerprint density at radius 2 is 2.07 bits per heavy atom. The van der Waals surface area contributed by atoms with E-state index in [1.807, 2.05) is 0 Å². The average molecular weight is 648 g/mol. The largest absolute Gasteiger partial charge is 0.461 e. The molecule has 4 rings (SSSR count). The predicted octanol–water partition coefficient (Wildman–Crippen LogP) is 0.442. The predicted molar refractivity (Wildman–Crippen MR) is 152 cm³/mol. The molecule has 3 amide bonds. The summed E-state index contributed by atoms with van der Waals surface area (Å²) in [6, 6.07) is 0.483. The molecule has 0 radical (unpaired) electrons. The number of hydrogen-bond acceptors (Lipinski definition) is 11. The molecule has 3 atom stereocenters. The van der Waals surface area contributed by atoms with E-state index in [4.69, 9.17) is 14.8 Å². The van der Waals surface area contributed by atoms with E-state index in [0.717, 1.165) is 21.4 Å². The Kier molecular flexibility index (Phi) is 10.5. The zero-order valence-corrected chi connectivity index (χ0v) is 24.9. The third-order valence-corrected chi connectivity index (χ3v) is 9.91. The fourth-order valence-electron chi connectivity index (χ4n) is 4.76. The highest BCUT2D eigenvalue weighted by Crippen LogP contribution is 2.31. The molecule has 0 bridgehead atoms. The van der Waals surface area contributed by atoms with Crippen LogP contribution in [0.15, 0.2) is 45.8 Å². The van der Waals surface area contributed by atoms with Gasteiger partial charge in [-0.05, 0) is 37.8 Å². The number of rotatable bonds is 13. The topological polar surface area (TPSA) is 222 Å². The average Bonchev–Trinajstić information content (AvgIpc) is 3.70. The van der Waals surface area contributed by atoms with Crippen molar-refractivity contribution >= 4 is 57.0 Å². The smallest absolute Gasteiger partial charge is 0.325 e. The van der Waals surface area contributed by atoms with Crippen molar-refractivity contribution in [1.82, 2.24) is 25.2 Å². The molecule has 2 saturated heterocycles. The van der Waals surface area contributed by atoms with Gasteiger partial charge in [0.15, 0.2) is 0 Å². The van der Waals surface area contributed by atoms with Crippen molar-refractivity contribution in [3.8, 4) is 10.6 Å². The molecule has 0 aliphatic carbocycles. The molecule has 234 valence electrons. The molecule has 44 heavy (non-hydrogen) atoms. The van der Waals surface area contributed by atoms with Crippen LogP contribution in [0.3, 0.4) is 0 Å². The molecule has 2 fully saturated rings. The molecule has 2 aromatic heterocycles. The van der Waals surface area contributed by atoms with E-state index >= 15 is 0 Å². The summed E-state index contributed by atoms with van der Waals surface area (Å²) in [4.78, 5) is 68.0. The van der Waals surface area contributed by atoms with Gasteiger partial charge in [-0.1, -0.05) is 17.8 Å². The number of Topliss-reactive ketones (excluding diaryl/α,β-unsaturated/α-hetero) is 1. The summed E-state index contributed by atoms with van der Waals surface area (Å²) in [7, 11) is -4.23. The first kappa shape index (κ1) is 32.4. The number of fused-ring (bicyclic) bond motifs is 1. The van der Waals surface area contributed by atoms with Crippen LogP contribution < -0.4 is 10.0 Å². The molecular weight excluding hydrogens is 618 g/mol. The van der Waals surface area contributed by atoms with Crippen LogP contribution in [0.2, 0.25) is 0 Å². The van der Waals surface area contributed by atoms with E-state index in [9.17, 15) is 32.4 Å². The first-order valence-corrected chi connectivity index (χ1v) is 15.8. The number of thiophene rings is 1. The van der Waals surface area contributed by atoms with Crippen molar-refractivity contribution in [3.63, 3.8) is 0 Å². The second kappa shape index (κ2) is 14.3. The van der Waals surface area contributed by atoms with Gasteiger partial charge in [0.25, 0.3) is 21.7 Å². The van der Waals surface area contributed by atoms with Gasteiger partial charge in [0.2, 0.25) is 11.8 Å². The Hall–Kier alpha value is -4.51. The molecule has 0 saturated carbocycles. The molecule has 2 N–H and O–H groups in total. The summed E-state index contributed by atoms with van der Waals surface area (Å²) in [5, 5.41) is 8.32. The lowest BCUT2D eigenvalue weighted by Crippen LogP contribution is -2.64. The van der Waals surface area contributed by atoms with Crippen molar-refractivity contribution in [1.29, 1.82) is 0 Å². The maximum Gasteiger partial charge on any atom is 0.325 e. The molecule has 16 nitrogen and oxygen atoms in total. The SMILES string of the molecule is C=CCOC(=O)CC[C@H](NC(=O)[C@@H]1CCCN2C(=O)CC[C@H](NS(=O)(=O)c3ccc(-c4ccon4)s3)C(=O)N12)C(=O)C=[N+]=[N-]. The molecule has 0 unspecified atom stereocenters. The van der Waals surface area contributed by atoms with Crippen LogP contribution in [0.4, 0.5) is 0 Å². The summed E-state index contributed by atoms with van der Waals surface area (Å²) >= 11 is 0.908. The van der Waals surface area contributed by atoms with Gasteiger partial charge in [-0.15, -0.1) is 11.3 Å². The summed E-state index contributed by atoms with van der Waals surface area (Å²) in [6.45, 7) is 3.51. The number of aromatic nitrogens is 1. The third-order valence-electron chi connectivity index (χ3n) is 6.84. The molecule has 18 heteroatoms. The van der Waals surface area contributed by atoms with Crippen LogP contribution in [0.25, 0.3) is 16.1 Å². The fourth-order valence-corrected chi connectivity index (χ4v) is 7.26. The van der Waals surface area contributed by atoms with Gasteiger partial charge in [0, 0.05) is 25.5 Å². The quantitative estimate of drug-likeness (QED) is 0.100. The Morgan fingerprint density at radius 1 is 1.27 bits per heavy atom. The van der Waals surface area contributed by atoms with Crippen LogP contribution in [-0.2, 0) is 38.7 Å². The van der Waals surface area contributed by atoms with Gasteiger partial charge >= 0.3 is 12.2 Å². The second-order valence-electron chi connectivity index (χ2n) is 9.79. The summed E-state index contributed by atoms with van der Waals surface area (Å²) in [5.74, 6) is -3.61. The minimum atomic E-state index is -4.23. The van der Waals surface area contributed by atoms with Gasteiger partial charge in [-0.25, -0.2) is 13.4 Å². The minimum Gasteiger partial charge on any atom is -0.461 e. The second-order valence-corrected chi connectivity index (χ2v) is 12.8. The summed E-state index contributed by atoms with van der Waals surface area (Å²) in [6.07, 6.45) is 2.91. The lowest BCUT2D eigenvalue weighted by Gasteiger charge is -2.43. The highest BCUT2D eigenvalue weighted by atomic mass is 32.2. The van der Waals surface area contributed by atoms with Crippen molar-refractivity contribution in [2.45, 2.75) is 60.9 Å².